The molecule has 0 aliphatic carbocycles. The number of carbonyl (C=O) groups excluding carboxylic acids is 2. The van der Waals surface area contributed by atoms with Crippen LogP contribution in [0.2, 0.25) is 0 Å². The highest BCUT2D eigenvalue weighted by molar-refractivity contribution is 7.10. The van der Waals surface area contributed by atoms with E-state index in [1.807, 2.05) is 4.90 Å². The summed E-state index contributed by atoms with van der Waals surface area (Å²) in [6.45, 7) is 3.42. The third kappa shape index (κ3) is 3.63. The van der Waals surface area contributed by atoms with E-state index in [1.165, 1.54) is 10.4 Å². The van der Waals surface area contributed by atoms with E-state index in [2.05, 4.69) is 23.7 Å². The van der Waals surface area contributed by atoms with Gasteiger partial charge in [0.05, 0.1) is 19.1 Å². The molecule has 6 heteroatoms. The van der Waals surface area contributed by atoms with Gasteiger partial charge < -0.3 is 10.2 Å². The van der Waals surface area contributed by atoms with E-state index in [0.29, 0.717) is 0 Å². The number of amides is 2. The summed E-state index contributed by atoms with van der Waals surface area (Å²) >= 11 is 1.78. The minimum absolute atomic E-state index is 0.0730. The first-order valence-electron chi connectivity index (χ1n) is 7.31. The number of thiophene rings is 1. The Morgan fingerprint density at radius 1 is 1.48 bits per heavy atom. The molecule has 2 amide bonds. The molecule has 116 valence electrons. The van der Waals surface area contributed by atoms with Gasteiger partial charge in [0.25, 0.3) is 0 Å². The maximum atomic E-state index is 12.5. The predicted molar refractivity (Wildman–Crippen MR) is 84.3 cm³/mol. The summed E-state index contributed by atoms with van der Waals surface area (Å²) in [6, 6.07) is 2.32. The van der Waals surface area contributed by atoms with E-state index in [9.17, 15) is 9.59 Å². The first-order chi connectivity index (χ1) is 10.1. The van der Waals surface area contributed by atoms with Crippen LogP contribution >= 0.6 is 11.3 Å². The highest BCUT2D eigenvalue weighted by Gasteiger charge is 2.30. The van der Waals surface area contributed by atoms with Crippen LogP contribution in [0.25, 0.3) is 0 Å². The number of nitrogens with one attached hydrogen (secondary N) is 1. The monoisotopic (exact) mass is 309 g/mol. The molecule has 1 aliphatic heterocycles. The molecule has 1 N–H and O–H groups in total. The second-order valence-corrected chi connectivity index (χ2v) is 6.41. The second kappa shape index (κ2) is 7.04. The van der Waals surface area contributed by atoms with E-state index in [0.717, 1.165) is 19.4 Å². The normalized spacial score (nSPS) is 17.7. The fraction of sp³-hybridized carbons (Fsp3) is 0.600. The van der Waals surface area contributed by atoms with Gasteiger partial charge in [-0.25, -0.2) is 0 Å². The van der Waals surface area contributed by atoms with Crippen LogP contribution in [0.1, 0.15) is 29.8 Å². The lowest BCUT2D eigenvalue weighted by Gasteiger charge is -2.36. The summed E-state index contributed by atoms with van der Waals surface area (Å²) in [7, 11) is 3.40. The molecule has 2 heterocycles. The van der Waals surface area contributed by atoms with E-state index in [-0.39, 0.29) is 30.9 Å². The van der Waals surface area contributed by atoms with Crippen molar-refractivity contribution >= 4 is 23.2 Å². The van der Waals surface area contributed by atoms with Gasteiger partial charge in [-0.05, 0) is 36.9 Å². The molecule has 1 aromatic heterocycles. The minimum atomic E-state index is -0.0730. The van der Waals surface area contributed by atoms with Gasteiger partial charge in [0.2, 0.25) is 11.8 Å². The smallest absolute Gasteiger partial charge is 0.237 e. The molecule has 1 aliphatic rings. The van der Waals surface area contributed by atoms with Crippen molar-refractivity contribution in [3.05, 3.63) is 21.9 Å². The van der Waals surface area contributed by atoms with Crippen molar-refractivity contribution in [3.63, 3.8) is 0 Å². The lowest BCUT2D eigenvalue weighted by atomic mass is 9.98. The quantitative estimate of drug-likeness (QED) is 0.891. The summed E-state index contributed by atoms with van der Waals surface area (Å²) < 4.78 is 0. The molecule has 1 atom stereocenters. The van der Waals surface area contributed by atoms with E-state index >= 15 is 0 Å². The molecule has 5 nitrogen and oxygen atoms in total. The van der Waals surface area contributed by atoms with Gasteiger partial charge in [-0.2, -0.15) is 0 Å². The number of hydrogen-bond donors (Lipinski definition) is 1. The summed E-state index contributed by atoms with van der Waals surface area (Å²) in [5.74, 6) is 0.0289. The summed E-state index contributed by atoms with van der Waals surface area (Å²) in [5, 5.41) is 4.68. The van der Waals surface area contributed by atoms with E-state index in [1.54, 1.807) is 30.3 Å². The molecule has 0 spiro atoms. The van der Waals surface area contributed by atoms with Crippen molar-refractivity contribution in [1.29, 1.82) is 0 Å². The SMILES string of the molecule is CCC1c2ccsc2CCN1C(=O)CN(C)CC(=O)NC. The predicted octanol–water partition coefficient (Wildman–Crippen LogP) is 1.26. The van der Waals surface area contributed by atoms with Gasteiger partial charge in [0.1, 0.15) is 0 Å². The molecule has 0 radical (unpaired) electrons. The van der Waals surface area contributed by atoms with Crippen molar-refractivity contribution in [1.82, 2.24) is 15.1 Å². The van der Waals surface area contributed by atoms with Crippen molar-refractivity contribution in [2.45, 2.75) is 25.8 Å². The van der Waals surface area contributed by atoms with Gasteiger partial charge in [0, 0.05) is 18.5 Å². The third-order valence-corrected chi connectivity index (χ3v) is 4.90. The number of likely N-dealkylation sites (N-methyl/N-ethyl adjacent to an activating group) is 2. The number of carbonyl (C=O) groups is 2. The van der Waals surface area contributed by atoms with Crippen molar-refractivity contribution in [2.24, 2.45) is 0 Å². The van der Waals surface area contributed by atoms with Crippen molar-refractivity contribution in [3.8, 4) is 0 Å². The topological polar surface area (TPSA) is 52.7 Å². The Kier molecular flexibility index (Phi) is 5.36. The van der Waals surface area contributed by atoms with Gasteiger partial charge in [-0.15, -0.1) is 11.3 Å². The number of rotatable bonds is 5. The molecule has 0 bridgehead atoms. The van der Waals surface area contributed by atoms with Crippen LogP contribution in [0.5, 0.6) is 0 Å². The zero-order valence-corrected chi connectivity index (χ0v) is 13.7. The van der Waals surface area contributed by atoms with Gasteiger partial charge in [-0.1, -0.05) is 6.92 Å². The fourth-order valence-corrected chi connectivity index (χ4v) is 3.77. The second-order valence-electron chi connectivity index (χ2n) is 5.41. The highest BCUT2D eigenvalue weighted by atomic mass is 32.1. The molecule has 21 heavy (non-hydrogen) atoms. The van der Waals surface area contributed by atoms with Crippen LogP contribution in [0.15, 0.2) is 11.4 Å². The van der Waals surface area contributed by atoms with Crippen LogP contribution in [0.3, 0.4) is 0 Å². The maximum absolute atomic E-state index is 12.5. The van der Waals surface area contributed by atoms with E-state index in [4.69, 9.17) is 0 Å². The number of fused-ring (bicyclic) bond motifs is 1. The van der Waals surface area contributed by atoms with Gasteiger partial charge >= 0.3 is 0 Å². The Balaban J connectivity index is 2.01. The lowest BCUT2D eigenvalue weighted by Crippen LogP contribution is -2.45. The van der Waals surface area contributed by atoms with E-state index < -0.39 is 0 Å². The fourth-order valence-electron chi connectivity index (χ4n) is 2.84. The molecule has 0 fully saturated rings. The number of nitrogens with zero attached hydrogens (tertiary/aromatic N) is 2. The summed E-state index contributed by atoms with van der Waals surface area (Å²) in [5.41, 5.74) is 1.30. The average Bonchev–Trinajstić information content (AvgIpc) is 2.93. The van der Waals surface area contributed by atoms with Crippen LogP contribution in [0, 0.1) is 0 Å². The molecule has 1 aromatic rings. The molecule has 0 saturated carbocycles. The zero-order chi connectivity index (χ0) is 15.4. The third-order valence-electron chi connectivity index (χ3n) is 3.90. The van der Waals surface area contributed by atoms with Crippen molar-refractivity contribution < 1.29 is 9.59 Å². The van der Waals surface area contributed by atoms with Crippen LogP contribution in [0.4, 0.5) is 0 Å². The Hall–Kier alpha value is -1.40. The zero-order valence-electron chi connectivity index (χ0n) is 12.9. The lowest BCUT2D eigenvalue weighted by molar-refractivity contribution is -0.135. The molecular formula is C15H23N3O2S. The van der Waals surface area contributed by atoms with Gasteiger partial charge in [-0.3, -0.25) is 14.5 Å². The molecule has 2 rings (SSSR count). The molecule has 0 saturated heterocycles. The first kappa shape index (κ1) is 16.0. The van der Waals surface area contributed by atoms with Crippen LogP contribution in [-0.4, -0.2) is 55.3 Å². The Morgan fingerprint density at radius 3 is 2.90 bits per heavy atom. The van der Waals surface area contributed by atoms with Crippen LogP contribution in [-0.2, 0) is 16.0 Å². The summed E-state index contributed by atoms with van der Waals surface area (Å²) in [4.78, 5) is 29.0. The molecular weight excluding hydrogens is 286 g/mol. The summed E-state index contributed by atoms with van der Waals surface area (Å²) in [6.07, 6.45) is 1.86. The molecule has 0 aromatic carbocycles. The Labute approximate surface area is 129 Å². The average molecular weight is 309 g/mol. The largest absolute Gasteiger partial charge is 0.358 e. The van der Waals surface area contributed by atoms with Crippen LogP contribution < -0.4 is 5.32 Å². The maximum Gasteiger partial charge on any atom is 0.237 e. The van der Waals surface area contributed by atoms with Gasteiger partial charge in [0.15, 0.2) is 0 Å². The number of hydrogen-bond acceptors (Lipinski definition) is 4. The van der Waals surface area contributed by atoms with Crippen molar-refractivity contribution in [2.75, 3.05) is 33.7 Å². The highest BCUT2D eigenvalue weighted by Crippen LogP contribution is 2.35. The first-order valence-corrected chi connectivity index (χ1v) is 8.19. The molecule has 1 unspecified atom stereocenters. The minimum Gasteiger partial charge on any atom is -0.358 e. The Morgan fingerprint density at radius 2 is 2.24 bits per heavy atom. The Bertz CT molecular complexity index is 515. The standard InChI is InChI=1S/C15H23N3O2S/c1-4-12-11-6-8-21-13(11)5-7-18(12)15(20)10-17(3)9-14(19)16-2/h6,8,12H,4-5,7,9-10H2,1-3H3,(H,16,19).